The number of benzene rings is 1. The molecule has 0 heterocycles. The van der Waals surface area contributed by atoms with Crippen LogP contribution in [0.2, 0.25) is 0 Å². The highest BCUT2D eigenvalue weighted by Crippen LogP contribution is 2.10. The Morgan fingerprint density at radius 1 is 1.40 bits per heavy atom. The molecule has 0 aliphatic carbocycles. The number of carbonyl (C=O) groups is 1. The van der Waals surface area contributed by atoms with Crippen LogP contribution in [0.15, 0.2) is 18.2 Å². The van der Waals surface area contributed by atoms with E-state index in [0.717, 1.165) is 12.1 Å². The lowest BCUT2D eigenvalue weighted by molar-refractivity contribution is -0.138. The topological polar surface area (TPSA) is 63.3 Å². The van der Waals surface area contributed by atoms with Crippen LogP contribution in [0.1, 0.15) is 5.56 Å². The molecule has 0 spiro atoms. The zero-order valence-electron chi connectivity index (χ0n) is 7.61. The van der Waals surface area contributed by atoms with E-state index in [-0.39, 0.29) is 18.8 Å². The Kier molecular flexibility index (Phi) is 5.18. The van der Waals surface area contributed by atoms with Gasteiger partial charge in [0.25, 0.3) is 0 Å². The van der Waals surface area contributed by atoms with Gasteiger partial charge in [-0.15, -0.1) is 12.4 Å². The van der Waals surface area contributed by atoms with E-state index in [4.69, 9.17) is 10.8 Å². The molecule has 0 saturated carbocycles. The van der Waals surface area contributed by atoms with Crippen molar-refractivity contribution in [2.24, 2.45) is 5.73 Å². The molecule has 1 rings (SSSR count). The number of hydrogen-bond acceptors (Lipinski definition) is 2. The summed E-state index contributed by atoms with van der Waals surface area (Å²) in [7, 11) is 0. The van der Waals surface area contributed by atoms with Gasteiger partial charge in [0.2, 0.25) is 0 Å². The number of halogens is 3. The minimum atomic E-state index is -1.17. The number of rotatable bonds is 3. The molecule has 0 fully saturated rings. The van der Waals surface area contributed by atoms with Gasteiger partial charge in [0, 0.05) is 0 Å². The van der Waals surface area contributed by atoms with E-state index in [2.05, 4.69) is 0 Å². The summed E-state index contributed by atoms with van der Waals surface area (Å²) in [6, 6.07) is 2.10. The normalized spacial score (nSPS) is 11.7. The summed E-state index contributed by atoms with van der Waals surface area (Å²) in [6.07, 6.45) is -0.0213. The summed E-state index contributed by atoms with van der Waals surface area (Å²) in [5, 5.41) is 8.47. The van der Waals surface area contributed by atoms with Gasteiger partial charge in [0.05, 0.1) is 0 Å². The van der Waals surface area contributed by atoms with E-state index >= 15 is 0 Å². The number of carboxylic acid groups (broad SMARTS) is 1. The molecule has 0 unspecified atom stereocenters. The third-order valence-corrected chi connectivity index (χ3v) is 1.76. The van der Waals surface area contributed by atoms with E-state index < -0.39 is 23.6 Å². The molecule has 3 N–H and O–H groups in total. The van der Waals surface area contributed by atoms with E-state index in [0.29, 0.717) is 5.56 Å². The summed E-state index contributed by atoms with van der Waals surface area (Å²) >= 11 is 0. The highest BCUT2D eigenvalue weighted by Gasteiger charge is 2.13. The monoisotopic (exact) mass is 237 g/mol. The van der Waals surface area contributed by atoms with Crippen molar-refractivity contribution in [2.45, 2.75) is 12.5 Å². The standard InChI is InChI=1S/C9H9F2NO2.ClH/c10-6-2-1-5(3-7(6)11)4-8(12)9(13)14;/h1-3,8H,4,12H2,(H,13,14);1H/t8-;/m0./s1. The molecule has 15 heavy (non-hydrogen) atoms. The van der Waals surface area contributed by atoms with Crippen molar-refractivity contribution in [2.75, 3.05) is 0 Å². The molecule has 3 nitrogen and oxygen atoms in total. The van der Waals surface area contributed by atoms with Gasteiger partial charge in [-0.3, -0.25) is 4.79 Å². The van der Waals surface area contributed by atoms with Gasteiger partial charge >= 0.3 is 5.97 Å². The Bertz CT molecular complexity index is 360. The van der Waals surface area contributed by atoms with Gasteiger partial charge in [-0.25, -0.2) is 8.78 Å². The first-order valence-electron chi connectivity index (χ1n) is 3.93. The molecule has 0 amide bonds. The van der Waals surface area contributed by atoms with Gasteiger partial charge in [0.1, 0.15) is 6.04 Å². The fourth-order valence-corrected chi connectivity index (χ4v) is 1.01. The maximum Gasteiger partial charge on any atom is 0.320 e. The Morgan fingerprint density at radius 3 is 2.47 bits per heavy atom. The number of hydrogen-bond donors (Lipinski definition) is 2. The Balaban J connectivity index is 0.00000196. The van der Waals surface area contributed by atoms with Gasteiger partial charge in [-0.2, -0.15) is 0 Å². The van der Waals surface area contributed by atoms with E-state index in [1.54, 1.807) is 0 Å². The summed E-state index contributed by atoms with van der Waals surface area (Å²) in [4.78, 5) is 10.4. The summed E-state index contributed by atoms with van der Waals surface area (Å²) in [5.41, 5.74) is 5.58. The summed E-state index contributed by atoms with van der Waals surface area (Å²) < 4.78 is 25.1. The van der Waals surface area contributed by atoms with Crippen LogP contribution in [-0.2, 0) is 11.2 Å². The van der Waals surface area contributed by atoms with Crippen molar-refractivity contribution in [3.05, 3.63) is 35.4 Å². The van der Waals surface area contributed by atoms with Crippen LogP contribution < -0.4 is 5.73 Å². The van der Waals surface area contributed by atoms with Gasteiger partial charge < -0.3 is 10.8 Å². The lowest BCUT2D eigenvalue weighted by Gasteiger charge is -2.06. The minimum Gasteiger partial charge on any atom is -0.480 e. The third-order valence-electron chi connectivity index (χ3n) is 1.76. The van der Waals surface area contributed by atoms with Crippen molar-refractivity contribution in [1.82, 2.24) is 0 Å². The maximum absolute atomic E-state index is 12.7. The highest BCUT2D eigenvalue weighted by atomic mass is 35.5. The third kappa shape index (κ3) is 3.81. The minimum absolute atomic E-state index is 0. The number of aliphatic carboxylic acids is 1. The van der Waals surface area contributed by atoms with Crippen LogP contribution in [0.5, 0.6) is 0 Å². The number of nitrogens with two attached hydrogens (primary N) is 1. The first-order valence-corrected chi connectivity index (χ1v) is 3.93. The molecule has 84 valence electrons. The van der Waals surface area contributed by atoms with Crippen LogP contribution in [0.4, 0.5) is 8.78 Å². The largest absolute Gasteiger partial charge is 0.480 e. The molecule has 0 radical (unpaired) electrons. The average molecular weight is 238 g/mol. The van der Waals surface area contributed by atoms with E-state index in [1.807, 2.05) is 0 Å². The van der Waals surface area contributed by atoms with Gasteiger partial charge in [-0.1, -0.05) is 6.07 Å². The molecule has 6 heteroatoms. The SMILES string of the molecule is Cl.N[C@@H](Cc1ccc(F)c(F)c1)C(=O)O. The van der Waals surface area contributed by atoms with Crippen molar-refractivity contribution >= 4 is 18.4 Å². The molecule has 0 aliphatic rings. The fourth-order valence-electron chi connectivity index (χ4n) is 1.01. The van der Waals surface area contributed by atoms with E-state index in [1.165, 1.54) is 6.07 Å². The van der Waals surface area contributed by atoms with Gasteiger partial charge in [0.15, 0.2) is 11.6 Å². The van der Waals surface area contributed by atoms with Crippen molar-refractivity contribution < 1.29 is 18.7 Å². The highest BCUT2D eigenvalue weighted by molar-refractivity contribution is 5.85. The van der Waals surface area contributed by atoms with Crippen LogP contribution in [0, 0.1) is 11.6 Å². The zero-order chi connectivity index (χ0) is 10.7. The first kappa shape index (κ1) is 13.8. The van der Waals surface area contributed by atoms with Crippen molar-refractivity contribution in [1.29, 1.82) is 0 Å². The van der Waals surface area contributed by atoms with Crippen LogP contribution in [-0.4, -0.2) is 17.1 Å². The summed E-state index contributed by atoms with van der Waals surface area (Å²) in [5.74, 6) is -3.13. The Hall–Kier alpha value is -1.20. The van der Waals surface area contributed by atoms with Gasteiger partial charge in [-0.05, 0) is 24.1 Å². The van der Waals surface area contributed by atoms with Crippen molar-refractivity contribution in [3.63, 3.8) is 0 Å². The molecule has 1 aromatic carbocycles. The molecular formula is C9H10ClF2NO2. The predicted octanol–water partition coefficient (Wildman–Crippen LogP) is 1.34. The lowest BCUT2D eigenvalue weighted by Crippen LogP contribution is -2.32. The van der Waals surface area contributed by atoms with Crippen LogP contribution >= 0.6 is 12.4 Å². The second-order valence-electron chi connectivity index (χ2n) is 2.90. The smallest absolute Gasteiger partial charge is 0.320 e. The molecule has 1 aromatic rings. The molecule has 0 bridgehead atoms. The van der Waals surface area contributed by atoms with Crippen LogP contribution in [0.3, 0.4) is 0 Å². The average Bonchev–Trinajstić information content (AvgIpc) is 2.11. The lowest BCUT2D eigenvalue weighted by atomic mass is 10.1. The zero-order valence-corrected chi connectivity index (χ0v) is 8.43. The second-order valence-corrected chi connectivity index (χ2v) is 2.90. The molecule has 0 saturated heterocycles. The molecule has 0 aromatic heterocycles. The quantitative estimate of drug-likeness (QED) is 0.834. The number of carboxylic acids is 1. The second kappa shape index (κ2) is 5.63. The first-order chi connectivity index (χ1) is 6.50. The van der Waals surface area contributed by atoms with Crippen molar-refractivity contribution in [3.8, 4) is 0 Å². The predicted molar refractivity (Wildman–Crippen MR) is 52.9 cm³/mol. The maximum atomic E-state index is 12.7. The molecule has 1 atom stereocenters. The Labute approximate surface area is 91.3 Å². The van der Waals surface area contributed by atoms with Crippen LogP contribution in [0.25, 0.3) is 0 Å². The molecule has 0 aliphatic heterocycles. The molecular weight excluding hydrogens is 228 g/mol. The fraction of sp³-hybridized carbons (Fsp3) is 0.222. The Morgan fingerprint density at radius 2 is 2.00 bits per heavy atom. The summed E-state index contributed by atoms with van der Waals surface area (Å²) in [6.45, 7) is 0. The van der Waals surface area contributed by atoms with E-state index in [9.17, 15) is 13.6 Å².